The van der Waals surface area contributed by atoms with Gasteiger partial charge in [-0.3, -0.25) is 4.79 Å². The molecule has 1 fully saturated rings. The van der Waals surface area contributed by atoms with Crippen LogP contribution in [0.2, 0.25) is 5.02 Å². The summed E-state index contributed by atoms with van der Waals surface area (Å²) in [5.74, 6) is 0.305. The molecular weight excluding hydrogens is 423 g/mol. The van der Waals surface area contributed by atoms with Crippen LogP contribution in [0.5, 0.6) is 0 Å². The zero-order chi connectivity index (χ0) is 20.5. The molecule has 6 nitrogen and oxygen atoms in total. The van der Waals surface area contributed by atoms with Crippen molar-refractivity contribution in [2.45, 2.75) is 25.3 Å². The number of nitrogens with one attached hydrogen (secondary N) is 4. The Morgan fingerprint density at radius 1 is 1.03 bits per heavy atom. The van der Waals surface area contributed by atoms with Gasteiger partial charge in [-0.15, -0.1) is 12.4 Å². The van der Waals surface area contributed by atoms with E-state index >= 15 is 0 Å². The molecule has 0 saturated carbocycles. The first kappa shape index (κ1) is 24.0. The standard InChI is InChI=1S/C22H27ClN4O2.ClH/c23-18-6-8-19(9-7-18)26-22(29)27-20(14-16-4-2-1-3-5-16)21(28)25-15-17-10-12-24-13-11-17;/h1-9,17,20,24H,10-15H2,(H,25,28)(H2,26,27,29);1H/t20-;/m0./s1. The maximum absolute atomic E-state index is 12.8. The Hall–Kier alpha value is -2.28. The minimum absolute atomic E-state index is 0. The highest BCUT2D eigenvalue weighted by Crippen LogP contribution is 2.14. The molecule has 3 amide bonds. The summed E-state index contributed by atoms with van der Waals surface area (Å²) in [5, 5.41) is 12.5. The fourth-order valence-corrected chi connectivity index (χ4v) is 3.50. The van der Waals surface area contributed by atoms with E-state index in [-0.39, 0.29) is 18.3 Å². The number of hydrogen-bond donors (Lipinski definition) is 4. The minimum Gasteiger partial charge on any atom is -0.354 e. The first-order valence-electron chi connectivity index (χ1n) is 9.95. The molecule has 1 saturated heterocycles. The van der Waals surface area contributed by atoms with Crippen LogP contribution in [0.25, 0.3) is 0 Å². The summed E-state index contributed by atoms with van der Waals surface area (Å²) < 4.78 is 0. The van der Waals surface area contributed by atoms with Gasteiger partial charge in [0.2, 0.25) is 5.91 Å². The number of halogens is 2. The molecule has 1 aliphatic rings. The molecule has 4 N–H and O–H groups in total. The number of piperidine rings is 1. The lowest BCUT2D eigenvalue weighted by Gasteiger charge is -2.24. The Bertz CT molecular complexity index is 797. The molecule has 1 heterocycles. The van der Waals surface area contributed by atoms with E-state index in [0.29, 0.717) is 29.6 Å². The van der Waals surface area contributed by atoms with Crippen molar-refractivity contribution in [2.24, 2.45) is 5.92 Å². The smallest absolute Gasteiger partial charge is 0.319 e. The number of anilines is 1. The van der Waals surface area contributed by atoms with Gasteiger partial charge in [-0.2, -0.15) is 0 Å². The Morgan fingerprint density at radius 3 is 2.37 bits per heavy atom. The molecule has 162 valence electrons. The van der Waals surface area contributed by atoms with Gasteiger partial charge in [-0.25, -0.2) is 4.79 Å². The van der Waals surface area contributed by atoms with Crippen molar-refractivity contribution in [3.63, 3.8) is 0 Å². The lowest BCUT2D eigenvalue weighted by molar-refractivity contribution is -0.123. The van der Waals surface area contributed by atoms with Crippen LogP contribution >= 0.6 is 24.0 Å². The van der Waals surface area contributed by atoms with Crippen molar-refractivity contribution in [2.75, 3.05) is 25.0 Å². The van der Waals surface area contributed by atoms with Crippen LogP contribution in [0.15, 0.2) is 54.6 Å². The zero-order valence-corrected chi connectivity index (χ0v) is 18.3. The van der Waals surface area contributed by atoms with E-state index in [2.05, 4.69) is 21.3 Å². The summed E-state index contributed by atoms with van der Waals surface area (Å²) in [4.78, 5) is 25.3. The van der Waals surface area contributed by atoms with Gasteiger partial charge in [0.1, 0.15) is 6.04 Å². The maximum atomic E-state index is 12.8. The normalized spacial score (nSPS) is 14.8. The molecule has 0 aliphatic carbocycles. The van der Waals surface area contributed by atoms with Crippen LogP contribution in [0.3, 0.4) is 0 Å². The van der Waals surface area contributed by atoms with Crippen LogP contribution in [-0.2, 0) is 11.2 Å². The summed E-state index contributed by atoms with van der Waals surface area (Å²) in [5.41, 5.74) is 1.60. The van der Waals surface area contributed by atoms with Crippen LogP contribution < -0.4 is 21.3 Å². The van der Waals surface area contributed by atoms with E-state index in [4.69, 9.17) is 11.6 Å². The Labute approximate surface area is 188 Å². The largest absolute Gasteiger partial charge is 0.354 e. The molecular formula is C22H28Cl2N4O2. The quantitative estimate of drug-likeness (QED) is 0.519. The van der Waals surface area contributed by atoms with E-state index in [9.17, 15) is 9.59 Å². The van der Waals surface area contributed by atoms with Crippen molar-refractivity contribution in [3.05, 3.63) is 65.2 Å². The molecule has 0 aromatic heterocycles. The second-order valence-electron chi connectivity index (χ2n) is 7.29. The third-order valence-electron chi connectivity index (χ3n) is 5.03. The highest BCUT2D eigenvalue weighted by Gasteiger charge is 2.23. The van der Waals surface area contributed by atoms with Crippen molar-refractivity contribution < 1.29 is 9.59 Å². The first-order valence-corrected chi connectivity index (χ1v) is 10.3. The number of rotatable bonds is 7. The van der Waals surface area contributed by atoms with E-state index in [1.54, 1.807) is 24.3 Å². The molecule has 8 heteroatoms. The average Bonchev–Trinajstić information content (AvgIpc) is 2.74. The third kappa shape index (κ3) is 7.86. The second kappa shape index (κ2) is 12.4. The summed E-state index contributed by atoms with van der Waals surface area (Å²) in [6.07, 6.45) is 2.52. The third-order valence-corrected chi connectivity index (χ3v) is 5.28. The number of amides is 3. The molecule has 3 rings (SSSR count). The van der Waals surface area contributed by atoms with Gasteiger partial charge in [0, 0.05) is 23.7 Å². The van der Waals surface area contributed by atoms with Crippen LogP contribution in [0.4, 0.5) is 10.5 Å². The fourth-order valence-electron chi connectivity index (χ4n) is 3.37. The number of carbonyl (C=O) groups is 2. The van der Waals surface area contributed by atoms with E-state index in [1.807, 2.05) is 30.3 Å². The predicted octanol–water partition coefficient (Wildman–Crippen LogP) is 3.61. The molecule has 0 radical (unpaired) electrons. The monoisotopic (exact) mass is 450 g/mol. The Kier molecular flexibility index (Phi) is 9.94. The SMILES string of the molecule is Cl.O=C(Nc1ccc(Cl)cc1)N[C@@H](Cc1ccccc1)C(=O)NCC1CCNCC1. The van der Waals surface area contributed by atoms with Crippen LogP contribution in [0.1, 0.15) is 18.4 Å². The second-order valence-corrected chi connectivity index (χ2v) is 7.72. The molecule has 30 heavy (non-hydrogen) atoms. The Morgan fingerprint density at radius 2 is 1.70 bits per heavy atom. The predicted molar refractivity (Wildman–Crippen MR) is 123 cm³/mol. The van der Waals surface area contributed by atoms with E-state index in [0.717, 1.165) is 31.5 Å². The molecule has 1 aliphatic heterocycles. The summed E-state index contributed by atoms with van der Waals surface area (Å²) in [6.45, 7) is 2.59. The molecule has 0 bridgehead atoms. The van der Waals surface area contributed by atoms with Crippen LogP contribution in [-0.4, -0.2) is 37.6 Å². The highest BCUT2D eigenvalue weighted by atomic mass is 35.5. The van der Waals surface area contributed by atoms with Crippen molar-refractivity contribution in [1.29, 1.82) is 0 Å². The number of carbonyl (C=O) groups excluding carboxylic acids is 2. The zero-order valence-electron chi connectivity index (χ0n) is 16.7. The number of benzene rings is 2. The number of hydrogen-bond acceptors (Lipinski definition) is 3. The molecule has 2 aromatic carbocycles. The molecule has 0 unspecified atom stereocenters. The van der Waals surface area contributed by atoms with Gasteiger partial charge < -0.3 is 21.3 Å². The van der Waals surface area contributed by atoms with Gasteiger partial charge >= 0.3 is 6.03 Å². The van der Waals surface area contributed by atoms with Gasteiger partial charge in [-0.05, 0) is 61.7 Å². The lowest BCUT2D eigenvalue weighted by atomic mass is 9.98. The highest BCUT2D eigenvalue weighted by molar-refractivity contribution is 6.30. The minimum atomic E-state index is -0.661. The summed E-state index contributed by atoms with van der Waals surface area (Å²) >= 11 is 5.88. The van der Waals surface area contributed by atoms with Crippen molar-refractivity contribution in [1.82, 2.24) is 16.0 Å². The fraction of sp³-hybridized carbons (Fsp3) is 0.364. The summed E-state index contributed by atoms with van der Waals surface area (Å²) in [6, 6.07) is 15.4. The first-order chi connectivity index (χ1) is 14.1. The molecule has 1 atom stereocenters. The molecule has 2 aromatic rings. The van der Waals surface area contributed by atoms with Gasteiger partial charge in [0.25, 0.3) is 0 Å². The van der Waals surface area contributed by atoms with E-state index in [1.165, 1.54) is 0 Å². The van der Waals surface area contributed by atoms with Gasteiger partial charge in [0.05, 0.1) is 0 Å². The topological polar surface area (TPSA) is 82.3 Å². The summed E-state index contributed by atoms with van der Waals surface area (Å²) in [7, 11) is 0. The van der Waals surface area contributed by atoms with Crippen molar-refractivity contribution in [3.8, 4) is 0 Å². The van der Waals surface area contributed by atoms with Gasteiger partial charge in [-0.1, -0.05) is 41.9 Å². The lowest BCUT2D eigenvalue weighted by Crippen LogP contribution is -2.50. The Balaban J connectivity index is 0.00000320. The van der Waals surface area contributed by atoms with E-state index < -0.39 is 12.1 Å². The van der Waals surface area contributed by atoms with Gasteiger partial charge in [0.15, 0.2) is 0 Å². The number of urea groups is 1. The average molecular weight is 451 g/mol. The molecule has 0 spiro atoms. The van der Waals surface area contributed by atoms with Crippen LogP contribution in [0, 0.1) is 5.92 Å². The van der Waals surface area contributed by atoms with Crippen molar-refractivity contribution >= 4 is 41.6 Å². The maximum Gasteiger partial charge on any atom is 0.319 e.